The zero-order valence-corrected chi connectivity index (χ0v) is 16.0. The summed E-state index contributed by atoms with van der Waals surface area (Å²) in [6.07, 6.45) is 0.528. The molecule has 0 aliphatic carbocycles. The van der Waals surface area contributed by atoms with Crippen LogP contribution in [0.1, 0.15) is 18.9 Å². The highest BCUT2D eigenvalue weighted by molar-refractivity contribution is 6.30. The Morgan fingerprint density at radius 2 is 1.67 bits per heavy atom. The van der Waals surface area contributed by atoms with Crippen LogP contribution in [0.2, 0.25) is 5.02 Å². The van der Waals surface area contributed by atoms with Crippen LogP contribution < -0.4 is 14.8 Å². The molecule has 1 saturated heterocycles. The van der Waals surface area contributed by atoms with Crippen molar-refractivity contribution in [1.82, 2.24) is 10.2 Å². The maximum Gasteiger partial charge on any atom is 0.325 e. The lowest BCUT2D eigenvalue weighted by Gasteiger charge is -2.22. The number of halogens is 1. The lowest BCUT2D eigenvalue weighted by Crippen LogP contribution is -2.41. The smallest absolute Gasteiger partial charge is 0.325 e. The van der Waals surface area contributed by atoms with Crippen molar-refractivity contribution in [1.29, 1.82) is 0 Å². The Hall–Kier alpha value is -2.73. The largest absolute Gasteiger partial charge is 0.497 e. The van der Waals surface area contributed by atoms with Gasteiger partial charge in [0.2, 0.25) is 0 Å². The Kier molecular flexibility index (Phi) is 5.56. The van der Waals surface area contributed by atoms with E-state index in [4.69, 9.17) is 21.1 Å². The van der Waals surface area contributed by atoms with Crippen LogP contribution in [0, 0.1) is 0 Å². The summed E-state index contributed by atoms with van der Waals surface area (Å²) >= 11 is 5.83. The van der Waals surface area contributed by atoms with Crippen LogP contribution in [0.3, 0.4) is 0 Å². The van der Waals surface area contributed by atoms with Gasteiger partial charge in [0.15, 0.2) is 0 Å². The Morgan fingerprint density at radius 1 is 1.04 bits per heavy atom. The van der Waals surface area contributed by atoms with Crippen LogP contribution >= 0.6 is 11.6 Å². The molecule has 2 aromatic rings. The van der Waals surface area contributed by atoms with Crippen LogP contribution in [-0.2, 0) is 10.3 Å². The molecule has 1 atom stereocenters. The van der Waals surface area contributed by atoms with Gasteiger partial charge in [-0.25, -0.2) is 4.79 Å². The lowest BCUT2D eigenvalue weighted by atomic mass is 9.92. The first kappa shape index (κ1) is 19.0. The molecule has 3 amide bonds. The molecule has 1 heterocycles. The molecule has 0 aromatic heterocycles. The SMILES string of the molecule is COc1ccc(C2(C)NC(=O)N(CCCOc3ccc(Cl)cc3)C2=O)cc1. The van der Waals surface area contributed by atoms with Crippen LogP contribution in [-0.4, -0.2) is 37.1 Å². The topological polar surface area (TPSA) is 67.9 Å². The number of amides is 3. The summed E-state index contributed by atoms with van der Waals surface area (Å²) in [6, 6.07) is 13.7. The number of nitrogens with zero attached hydrogens (tertiary/aromatic N) is 1. The van der Waals surface area contributed by atoms with Crippen molar-refractivity contribution in [2.24, 2.45) is 0 Å². The molecule has 0 spiro atoms. The van der Waals surface area contributed by atoms with Crippen molar-refractivity contribution < 1.29 is 19.1 Å². The van der Waals surface area contributed by atoms with E-state index in [0.717, 1.165) is 0 Å². The number of hydrogen-bond acceptors (Lipinski definition) is 4. The number of methoxy groups -OCH3 is 1. The summed E-state index contributed by atoms with van der Waals surface area (Å²) in [5.74, 6) is 1.11. The van der Waals surface area contributed by atoms with Crippen molar-refractivity contribution in [3.05, 3.63) is 59.1 Å². The number of hydrogen-bond donors (Lipinski definition) is 1. The van der Waals surface area contributed by atoms with Crippen molar-refractivity contribution in [2.75, 3.05) is 20.3 Å². The quantitative estimate of drug-likeness (QED) is 0.581. The van der Waals surface area contributed by atoms with Gasteiger partial charge in [0.1, 0.15) is 17.0 Å². The molecule has 1 aliphatic heterocycles. The molecule has 7 heteroatoms. The summed E-state index contributed by atoms with van der Waals surface area (Å²) < 4.78 is 10.7. The van der Waals surface area contributed by atoms with E-state index in [1.807, 2.05) is 0 Å². The fourth-order valence-corrected chi connectivity index (χ4v) is 3.09. The van der Waals surface area contributed by atoms with E-state index in [9.17, 15) is 9.59 Å². The van der Waals surface area contributed by atoms with E-state index >= 15 is 0 Å². The number of urea groups is 1. The number of ether oxygens (including phenoxy) is 2. The summed E-state index contributed by atoms with van der Waals surface area (Å²) in [5.41, 5.74) is -0.373. The van der Waals surface area contributed by atoms with Crippen molar-refractivity contribution in [3.8, 4) is 11.5 Å². The highest BCUT2D eigenvalue weighted by Crippen LogP contribution is 2.30. The maximum absolute atomic E-state index is 12.9. The summed E-state index contributed by atoms with van der Waals surface area (Å²) in [4.78, 5) is 26.4. The third-order valence-corrected chi connectivity index (χ3v) is 4.80. The standard InChI is InChI=1S/C20H21ClN2O4/c1-20(14-4-8-16(26-2)9-5-14)18(24)23(19(25)22-20)12-3-13-27-17-10-6-15(21)7-11-17/h4-11H,3,12-13H2,1-2H3,(H,22,25). The van der Waals surface area contributed by atoms with E-state index in [0.29, 0.717) is 35.1 Å². The molecular formula is C20H21ClN2O4. The van der Waals surface area contributed by atoms with Crippen LogP contribution in [0.4, 0.5) is 4.79 Å². The molecule has 142 valence electrons. The zero-order valence-electron chi connectivity index (χ0n) is 15.2. The van der Waals surface area contributed by atoms with E-state index in [2.05, 4.69) is 5.32 Å². The highest BCUT2D eigenvalue weighted by atomic mass is 35.5. The fourth-order valence-electron chi connectivity index (χ4n) is 2.96. The number of nitrogens with one attached hydrogen (secondary N) is 1. The van der Waals surface area contributed by atoms with Gasteiger partial charge in [0.05, 0.1) is 13.7 Å². The van der Waals surface area contributed by atoms with E-state index in [1.165, 1.54) is 4.90 Å². The van der Waals surface area contributed by atoms with Gasteiger partial charge in [-0.2, -0.15) is 0 Å². The maximum atomic E-state index is 12.9. The third-order valence-electron chi connectivity index (χ3n) is 4.55. The van der Waals surface area contributed by atoms with Gasteiger partial charge < -0.3 is 14.8 Å². The predicted molar refractivity (Wildman–Crippen MR) is 102 cm³/mol. The second kappa shape index (κ2) is 7.88. The van der Waals surface area contributed by atoms with E-state index in [1.54, 1.807) is 62.6 Å². The van der Waals surface area contributed by atoms with E-state index in [-0.39, 0.29) is 12.5 Å². The van der Waals surface area contributed by atoms with Crippen molar-refractivity contribution >= 4 is 23.5 Å². The molecule has 2 aromatic carbocycles. The van der Waals surface area contributed by atoms with Crippen LogP contribution in [0.25, 0.3) is 0 Å². The lowest BCUT2D eigenvalue weighted by molar-refractivity contribution is -0.131. The molecule has 3 rings (SSSR count). The van der Waals surface area contributed by atoms with Gasteiger partial charge in [-0.3, -0.25) is 9.69 Å². The minimum absolute atomic E-state index is 0.274. The minimum Gasteiger partial charge on any atom is -0.497 e. The second-order valence-electron chi connectivity index (χ2n) is 6.40. The Bertz CT molecular complexity index is 823. The normalized spacial score (nSPS) is 19.1. The first-order valence-electron chi connectivity index (χ1n) is 8.61. The Balaban J connectivity index is 1.59. The summed E-state index contributed by atoms with van der Waals surface area (Å²) in [6.45, 7) is 2.38. The van der Waals surface area contributed by atoms with Crippen molar-refractivity contribution in [2.45, 2.75) is 18.9 Å². The van der Waals surface area contributed by atoms with E-state index < -0.39 is 11.6 Å². The van der Waals surface area contributed by atoms with Gasteiger partial charge >= 0.3 is 6.03 Å². The van der Waals surface area contributed by atoms with Crippen molar-refractivity contribution in [3.63, 3.8) is 0 Å². The minimum atomic E-state index is -1.08. The average molecular weight is 389 g/mol. The monoisotopic (exact) mass is 388 g/mol. The molecule has 1 unspecified atom stereocenters. The Morgan fingerprint density at radius 3 is 2.30 bits per heavy atom. The fraction of sp³-hybridized carbons (Fsp3) is 0.300. The number of benzene rings is 2. The highest BCUT2D eigenvalue weighted by Gasteiger charge is 2.48. The molecule has 1 fully saturated rings. The van der Waals surface area contributed by atoms with Crippen LogP contribution in [0.15, 0.2) is 48.5 Å². The summed E-state index contributed by atoms with van der Waals surface area (Å²) in [5, 5.41) is 3.43. The first-order chi connectivity index (χ1) is 12.9. The zero-order chi connectivity index (χ0) is 19.4. The molecule has 0 bridgehead atoms. The predicted octanol–water partition coefficient (Wildman–Crippen LogP) is 3.58. The van der Waals surface area contributed by atoms with Gasteiger partial charge in [-0.15, -0.1) is 0 Å². The average Bonchev–Trinajstić information content (AvgIpc) is 2.90. The molecule has 1 N–H and O–H groups in total. The number of rotatable bonds is 7. The molecule has 0 saturated carbocycles. The number of carbonyl (C=O) groups excluding carboxylic acids is 2. The third kappa shape index (κ3) is 4.01. The summed E-state index contributed by atoms with van der Waals surface area (Å²) in [7, 11) is 1.58. The molecule has 27 heavy (non-hydrogen) atoms. The Labute approximate surface area is 163 Å². The number of imide groups is 1. The van der Waals surface area contributed by atoms with Gasteiger partial charge in [-0.1, -0.05) is 23.7 Å². The molecule has 6 nitrogen and oxygen atoms in total. The van der Waals surface area contributed by atoms with Gasteiger partial charge in [0, 0.05) is 11.6 Å². The van der Waals surface area contributed by atoms with Crippen LogP contribution in [0.5, 0.6) is 11.5 Å². The molecular weight excluding hydrogens is 368 g/mol. The van der Waals surface area contributed by atoms with Gasteiger partial charge in [0.25, 0.3) is 5.91 Å². The second-order valence-corrected chi connectivity index (χ2v) is 6.83. The van der Waals surface area contributed by atoms with Gasteiger partial charge in [-0.05, 0) is 55.3 Å². The number of carbonyl (C=O) groups is 2. The first-order valence-corrected chi connectivity index (χ1v) is 8.99. The molecule has 0 radical (unpaired) electrons. The molecule has 1 aliphatic rings.